The van der Waals surface area contributed by atoms with Crippen molar-refractivity contribution in [2.75, 3.05) is 18.2 Å². The fourth-order valence-corrected chi connectivity index (χ4v) is 3.58. The Morgan fingerprint density at radius 2 is 2.07 bits per heavy atom. The van der Waals surface area contributed by atoms with E-state index in [1.165, 1.54) is 0 Å². The zero-order chi connectivity index (χ0) is 21.3. The minimum Gasteiger partial charge on any atom is -0.493 e. The van der Waals surface area contributed by atoms with Crippen molar-refractivity contribution in [1.29, 1.82) is 0 Å². The number of furan rings is 1. The van der Waals surface area contributed by atoms with Gasteiger partial charge in [0.25, 0.3) is 0 Å². The molecule has 10 heteroatoms. The first-order valence-electron chi connectivity index (χ1n) is 8.80. The molecule has 0 radical (unpaired) electrons. The number of carbonyl (C=O) groups excluding carboxylic acids is 1. The predicted octanol–water partition coefficient (Wildman–Crippen LogP) is 4.25. The molecule has 4 rings (SSSR count). The normalized spacial score (nSPS) is 11.1. The summed E-state index contributed by atoms with van der Waals surface area (Å²) in [7, 11) is 3.31. The van der Waals surface area contributed by atoms with E-state index in [-0.39, 0.29) is 11.4 Å². The number of hydrogen-bond acceptors (Lipinski definition) is 6. The van der Waals surface area contributed by atoms with Crippen molar-refractivity contribution < 1.29 is 22.7 Å². The SMILES string of the molecule is COc1cccc2cc(-c3nnc(SCC(=O)Nc4cc(F)ccc4F)n3C)oc12. The lowest BCUT2D eigenvalue weighted by molar-refractivity contribution is -0.113. The molecule has 0 spiro atoms. The van der Waals surface area contributed by atoms with E-state index in [4.69, 9.17) is 9.15 Å². The molecule has 1 amide bonds. The first-order chi connectivity index (χ1) is 14.5. The number of hydrogen-bond donors (Lipinski definition) is 1. The number of nitrogens with zero attached hydrogens (tertiary/aromatic N) is 3. The first-order valence-corrected chi connectivity index (χ1v) is 9.79. The molecule has 2 aromatic heterocycles. The van der Waals surface area contributed by atoms with Crippen molar-refractivity contribution in [2.45, 2.75) is 5.16 Å². The van der Waals surface area contributed by atoms with Gasteiger partial charge in [0.15, 0.2) is 28.1 Å². The molecule has 2 aromatic carbocycles. The fraction of sp³-hybridized carbons (Fsp3) is 0.150. The molecule has 0 saturated carbocycles. The van der Waals surface area contributed by atoms with Crippen LogP contribution < -0.4 is 10.1 Å². The predicted molar refractivity (Wildman–Crippen MR) is 108 cm³/mol. The Bertz CT molecular complexity index is 1240. The Kier molecular flexibility index (Phi) is 5.40. The van der Waals surface area contributed by atoms with Gasteiger partial charge in [-0.15, -0.1) is 10.2 Å². The van der Waals surface area contributed by atoms with Gasteiger partial charge in [-0.3, -0.25) is 4.79 Å². The van der Waals surface area contributed by atoms with Crippen LogP contribution in [0.3, 0.4) is 0 Å². The summed E-state index contributed by atoms with van der Waals surface area (Å²) in [4.78, 5) is 12.1. The molecule has 4 aromatic rings. The van der Waals surface area contributed by atoms with E-state index in [0.717, 1.165) is 35.3 Å². The molecule has 30 heavy (non-hydrogen) atoms. The highest BCUT2D eigenvalue weighted by molar-refractivity contribution is 7.99. The average molecular weight is 430 g/mol. The number of methoxy groups -OCH3 is 1. The molecule has 7 nitrogen and oxygen atoms in total. The molecule has 0 saturated heterocycles. The van der Waals surface area contributed by atoms with Gasteiger partial charge in [-0.05, 0) is 24.3 Å². The lowest BCUT2D eigenvalue weighted by Gasteiger charge is -2.06. The summed E-state index contributed by atoms with van der Waals surface area (Å²) >= 11 is 1.11. The molecule has 0 fully saturated rings. The Morgan fingerprint density at radius 3 is 2.87 bits per heavy atom. The van der Waals surface area contributed by atoms with E-state index in [2.05, 4.69) is 15.5 Å². The number of aromatic nitrogens is 3. The van der Waals surface area contributed by atoms with Crippen LogP contribution in [0.4, 0.5) is 14.5 Å². The third kappa shape index (κ3) is 3.86. The molecular formula is C20H16F2N4O3S. The molecular weight excluding hydrogens is 414 g/mol. The van der Waals surface area contributed by atoms with Gasteiger partial charge >= 0.3 is 0 Å². The van der Waals surface area contributed by atoms with Gasteiger partial charge in [-0.25, -0.2) is 8.78 Å². The summed E-state index contributed by atoms with van der Waals surface area (Å²) in [6.45, 7) is 0. The summed E-state index contributed by atoms with van der Waals surface area (Å²) in [5, 5.41) is 11.9. The molecule has 0 atom stereocenters. The van der Waals surface area contributed by atoms with Crippen LogP contribution in [0.25, 0.3) is 22.6 Å². The number of amides is 1. The standard InChI is InChI=1S/C20H16F2N4O3S/c1-26-19(16-8-11-4-3-5-15(28-2)18(11)29-16)24-25-20(26)30-10-17(27)23-14-9-12(21)6-7-13(14)22/h3-9H,10H2,1-2H3,(H,23,27). The van der Waals surface area contributed by atoms with Crippen molar-refractivity contribution in [3.8, 4) is 17.3 Å². The van der Waals surface area contributed by atoms with E-state index < -0.39 is 17.5 Å². The van der Waals surface area contributed by atoms with Crippen LogP contribution in [0.2, 0.25) is 0 Å². The minimum absolute atomic E-state index is 0.0596. The second-order valence-corrected chi connectivity index (χ2v) is 7.26. The van der Waals surface area contributed by atoms with Crippen molar-refractivity contribution in [3.63, 3.8) is 0 Å². The molecule has 0 unspecified atom stereocenters. The van der Waals surface area contributed by atoms with Crippen molar-refractivity contribution >= 4 is 34.3 Å². The number of carbonyl (C=O) groups is 1. The first kappa shape index (κ1) is 19.9. The maximum Gasteiger partial charge on any atom is 0.234 e. The van der Waals surface area contributed by atoms with E-state index in [9.17, 15) is 13.6 Å². The smallest absolute Gasteiger partial charge is 0.234 e. The molecule has 1 N–H and O–H groups in total. The summed E-state index contributed by atoms with van der Waals surface area (Å²) in [6, 6.07) is 10.2. The van der Waals surface area contributed by atoms with Gasteiger partial charge in [0.05, 0.1) is 18.6 Å². The number of anilines is 1. The third-order valence-corrected chi connectivity index (χ3v) is 5.34. The summed E-state index contributed by atoms with van der Waals surface area (Å²) in [5.74, 6) is -0.319. The number of nitrogens with one attached hydrogen (secondary N) is 1. The van der Waals surface area contributed by atoms with Gasteiger partial charge in [-0.2, -0.15) is 0 Å². The zero-order valence-electron chi connectivity index (χ0n) is 16.0. The van der Waals surface area contributed by atoms with Crippen LogP contribution in [0.5, 0.6) is 5.75 Å². The molecule has 0 aliphatic carbocycles. The second kappa shape index (κ2) is 8.15. The maximum absolute atomic E-state index is 13.7. The quantitative estimate of drug-likeness (QED) is 0.461. The monoisotopic (exact) mass is 430 g/mol. The minimum atomic E-state index is -0.712. The van der Waals surface area contributed by atoms with Crippen molar-refractivity contribution in [3.05, 3.63) is 54.1 Å². The summed E-state index contributed by atoms with van der Waals surface area (Å²) < 4.78 is 39.8. The highest BCUT2D eigenvalue weighted by atomic mass is 32.2. The molecule has 0 aliphatic heterocycles. The van der Waals surface area contributed by atoms with E-state index in [0.29, 0.717) is 28.1 Å². The van der Waals surface area contributed by atoms with Crippen LogP contribution in [0, 0.1) is 11.6 Å². The number of thioether (sulfide) groups is 1. The van der Waals surface area contributed by atoms with Crippen molar-refractivity contribution in [2.24, 2.45) is 7.05 Å². The zero-order valence-corrected chi connectivity index (χ0v) is 16.8. The maximum atomic E-state index is 13.7. The van der Waals surface area contributed by atoms with Gasteiger partial charge in [0.2, 0.25) is 5.91 Å². The number of rotatable bonds is 6. The molecule has 154 valence electrons. The fourth-order valence-electron chi connectivity index (χ4n) is 2.87. The van der Waals surface area contributed by atoms with Crippen LogP contribution in [-0.2, 0) is 11.8 Å². The average Bonchev–Trinajstić information content (AvgIpc) is 3.32. The highest BCUT2D eigenvalue weighted by Gasteiger charge is 2.18. The van der Waals surface area contributed by atoms with E-state index in [1.807, 2.05) is 18.2 Å². The lowest BCUT2D eigenvalue weighted by atomic mass is 10.2. The van der Waals surface area contributed by atoms with E-state index in [1.54, 1.807) is 24.8 Å². The Hall–Kier alpha value is -3.40. The highest BCUT2D eigenvalue weighted by Crippen LogP contribution is 2.33. The number of fused-ring (bicyclic) bond motifs is 1. The molecule has 0 aliphatic rings. The summed E-state index contributed by atoms with van der Waals surface area (Å²) in [6.07, 6.45) is 0. The third-order valence-electron chi connectivity index (χ3n) is 4.32. The number of benzene rings is 2. The van der Waals surface area contributed by atoms with Gasteiger partial charge in [-0.1, -0.05) is 23.9 Å². The number of ether oxygens (including phenoxy) is 1. The summed E-state index contributed by atoms with van der Waals surface area (Å²) in [5.41, 5.74) is 0.388. The van der Waals surface area contributed by atoms with Gasteiger partial charge in [0, 0.05) is 18.5 Å². The van der Waals surface area contributed by atoms with Gasteiger partial charge < -0.3 is 19.0 Å². The largest absolute Gasteiger partial charge is 0.493 e. The Labute approximate surface area is 174 Å². The van der Waals surface area contributed by atoms with Crippen molar-refractivity contribution in [1.82, 2.24) is 14.8 Å². The van der Waals surface area contributed by atoms with Crippen LogP contribution >= 0.6 is 11.8 Å². The Morgan fingerprint density at radius 1 is 1.23 bits per heavy atom. The number of para-hydroxylation sites is 1. The molecule has 2 heterocycles. The Balaban J connectivity index is 1.48. The van der Waals surface area contributed by atoms with E-state index >= 15 is 0 Å². The van der Waals surface area contributed by atoms with Crippen LogP contribution in [0.15, 0.2) is 52.0 Å². The lowest BCUT2D eigenvalue weighted by Crippen LogP contribution is -2.15. The molecule has 0 bridgehead atoms. The topological polar surface area (TPSA) is 82.2 Å². The van der Waals surface area contributed by atoms with Crippen LogP contribution in [-0.4, -0.2) is 33.5 Å². The second-order valence-electron chi connectivity index (χ2n) is 6.32. The van der Waals surface area contributed by atoms with Crippen LogP contribution in [0.1, 0.15) is 0 Å². The number of halogens is 2. The van der Waals surface area contributed by atoms with Gasteiger partial charge in [0.1, 0.15) is 11.6 Å².